The predicted molar refractivity (Wildman–Crippen MR) is 125 cm³/mol. The second kappa shape index (κ2) is 10.3. The SMILES string of the molecule is CN1N=C2CCN(C(=O)C(CCOc3ccc(F)c(F)c3)NC(=O)O)CC2(Cc2ccccc2)C1=O. The van der Waals surface area contributed by atoms with Gasteiger partial charge in [0.05, 0.1) is 12.3 Å². The molecule has 2 aliphatic heterocycles. The van der Waals surface area contributed by atoms with Crippen LogP contribution in [0.4, 0.5) is 13.6 Å². The van der Waals surface area contributed by atoms with E-state index in [-0.39, 0.29) is 37.8 Å². The third-order valence-corrected chi connectivity index (χ3v) is 6.43. The van der Waals surface area contributed by atoms with Gasteiger partial charge in [-0.3, -0.25) is 9.59 Å². The quantitative estimate of drug-likeness (QED) is 0.579. The number of carbonyl (C=O) groups is 3. The standard InChI is InChI=1S/C25H26F2N4O5/c1-30-23(33)25(14-16-5-3-2-4-6-16)15-31(11-9-21(25)29-30)22(32)20(28-24(34)35)10-12-36-17-7-8-18(26)19(27)13-17/h2-8,13,20,28H,9-12,14-15H2,1H3,(H,34,35). The maximum atomic E-state index is 13.4. The summed E-state index contributed by atoms with van der Waals surface area (Å²) >= 11 is 0. The molecule has 2 aromatic carbocycles. The van der Waals surface area contributed by atoms with E-state index < -0.39 is 35.1 Å². The average Bonchev–Trinajstić information content (AvgIpc) is 3.09. The Morgan fingerprint density at radius 2 is 1.94 bits per heavy atom. The number of likely N-dealkylation sites (tertiary alicyclic amines) is 1. The summed E-state index contributed by atoms with van der Waals surface area (Å²) in [4.78, 5) is 39.5. The molecule has 2 heterocycles. The van der Waals surface area contributed by atoms with Gasteiger partial charge in [0.2, 0.25) is 5.91 Å². The zero-order chi connectivity index (χ0) is 25.9. The van der Waals surface area contributed by atoms with Gasteiger partial charge in [-0.2, -0.15) is 5.10 Å². The van der Waals surface area contributed by atoms with Gasteiger partial charge in [-0.15, -0.1) is 0 Å². The van der Waals surface area contributed by atoms with Gasteiger partial charge in [-0.1, -0.05) is 30.3 Å². The van der Waals surface area contributed by atoms with Crippen molar-refractivity contribution in [1.29, 1.82) is 0 Å². The maximum Gasteiger partial charge on any atom is 0.405 e. The Morgan fingerprint density at radius 1 is 1.19 bits per heavy atom. The van der Waals surface area contributed by atoms with Crippen LogP contribution in [0.15, 0.2) is 53.6 Å². The van der Waals surface area contributed by atoms with Crippen LogP contribution in [0.5, 0.6) is 5.75 Å². The molecule has 0 saturated carbocycles. The van der Waals surface area contributed by atoms with E-state index in [0.29, 0.717) is 18.6 Å². The molecule has 2 aromatic rings. The largest absolute Gasteiger partial charge is 0.493 e. The Labute approximate surface area is 206 Å². The lowest BCUT2D eigenvalue weighted by molar-refractivity contribution is -0.140. The molecule has 1 saturated heterocycles. The molecule has 36 heavy (non-hydrogen) atoms. The Balaban J connectivity index is 1.49. The van der Waals surface area contributed by atoms with Crippen molar-refractivity contribution in [2.24, 2.45) is 10.5 Å². The molecule has 0 aliphatic carbocycles. The zero-order valence-electron chi connectivity index (χ0n) is 19.6. The lowest BCUT2D eigenvalue weighted by atomic mass is 9.73. The van der Waals surface area contributed by atoms with Gasteiger partial charge in [-0.05, 0) is 24.1 Å². The second-order valence-electron chi connectivity index (χ2n) is 8.84. The first-order valence-corrected chi connectivity index (χ1v) is 11.5. The van der Waals surface area contributed by atoms with Crippen LogP contribution in [-0.2, 0) is 16.0 Å². The Kier molecular flexibility index (Phi) is 7.18. The first-order chi connectivity index (χ1) is 17.2. The predicted octanol–water partition coefficient (Wildman–Crippen LogP) is 2.66. The van der Waals surface area contributed by atoms with E-state index in [1.54, 1.807) is 7.05 Å². The summed E-state index contributed by atoms with van der Waals surface area (Å²) < 4.78 is 31.9. The minimum absolute atomic E-state index is 0.0515. The molecule has 1 fully saturated rings. The van der Waals surface area contributed by atoms with E-state index in [0.717, 1.165) is 17.7 Å². The van der Waals surface area contributed by atoms with Crippen molar-refractivity contribution in [1.82, 2.24) is 15.2 Å². The fourth-order valence-corrected chi connectivity index (χ4v) is 4.70. The number of carboxylic acid groups (broad SMARTS) is 1. The summed E-state index contributed by atoms with van der Waals surface area (Å²) in [5.74, 6) is -2.77. The number of nitrogens with zero attached hydrogens (tertiary/aromatic N) is 3. The van der Waals surface area contributed by atoms with Crippen LogP contribution in [0.1, 0.15) is 18.4 Å². The van der Waals surface area contributed by atoms with Crippen LogP contribution < -0.4 is 10.1 Å². The molecule has 0 spiro atoms. The number of carbonyl (C=O) groups excluding carboxylic acids is 2. The first-order valence-electron chi connectivity index (χ1n) is 11.5. The number of rotatable bonds is 8. The minimum Gasteiger partial charge on any atom is -0.493 e. The molecule has 0 aromatic heterocycles. The number of piperidine rings is 1. The van der Waals surface area contributed by atoms with Crippen molar-refractivity contribution in [3.05, 3.63) is 65.7 Å². The molecule has 2 N–H and O–H groups in total. The van der Waals surface area contributed by atoms with Crippen molar-refractivity contribution in [2.75, 3.05) is 26.7 Å². The number of ether oxygens (including phenoxy) is 1. The monoisotopic (exact) mass is 500 g/mol. The summed E-state index contributed by atoms with van der Waals surface area (Å²) in [5.41, 5.74) is 0.593. The summed E-state index contributed by atoms with van der Waals surface area (Å²) in [7, 11) is 1.58. The fraction of sp³-hybridized carbons (Fsp3) is 0.360. The third-order valence-electron chi connectivity index (χ3n) is 6.43. The third kappa shape index (κ3) is 5.14. The molecular formula is C25H26F2N4O5. The van der Waals surface area contributed by atoms with E-state index in [1.165, 1.54) is 16.0 Å². The Hall–Kier alpha value is -4.02. The summed E-state index contributed by atoms with van der Waals surface area (Å²) in [6, 6.07) is 11.3. The normalized spacial score (nSPS) is 20.0. The summed E-state index contributed by atoms with van der Waals surface area (Å²) in [6.45, 7) is 0.209. The first kappa shape index (κ1) is 25.1. The number of hydrogen-bond donors (Lipinski definition) is 2. The summed E-state index contributed by atoms with van der Waals surface area (Å²) in [6.07, 6.45) is -0.715. The smallest absolute Gasteiger partial charge is 0.405 e. The van der Waals surface area contributed by atoms with Crippen LogP contribution in [-0.4, -0.2) is 71.4 Å². The van der Waals surface area contributed by atoms with Gasteiger partial charge < -0.3 is 20.1 Å². The number of hydrazone groups is 1. The highest BCUT2D eigenvalue weighted by molar-refractivity contribution is 6.13. The molecule has 2 atom stereocenters. The Bertz CT molecular complexity index is 1190. The lowest BCUT2D eigenvalue weighted by Gasteiger charge is -2.40. The minimum atomic E-state index is -1.39. The van der Waals surface area contributed by atoms with Gasteiger partial charge in [0.1, 0.15) is 17.2 Å². The van der Waals surface area contributed by atoms with Crippen molar-refractivity contribution in [3.63, 3.8) is 0 Å². The van der Waals surface area contributed by atoms with Crippen molar-refractivity contribution < 1.29 is 33.0 Å². The molecule has 0 radical (unpaired) electrons. The van der Waals surface area contributed by atoms with Crippen LogP contribution in [0, 0.1) is 17.0 Å². The van der Waals surface area contributed by atoms with Gasteiger partial charge in [0.25, 0.3) is 5.91 Å². The zero-order valence-corrected chi connectivity index (χ0v) is 19.6. The van der Waals surface area contributed by atoms with Crippen molar-refractivity contribution in [2.45, 2.75) is 25.3 Å². The van der Waals surface area contributed by atoms with Crippen LogP contribution in [0.3, 0.4) is 0 Å². The van der Waals surface area contributed by atoms with E-state index in [9.17, 15) is 28.3 Å². The number of benzene rings is 2. The topological polar surface area (TPSA) is 112 Å². The highest BCUT2D eigenvalue weighted by atomic mass is 19.2. The number of hydrogen-bond acceptors (Lipinski definition) is 5. The van der Waals surface area contributed by atoms with Crippen LogP contribution in [0.2, 0.25) is 0 Å². The van der Waals surface area contributed by atoms with Gasteiger partial charge in [-0.25, -0.2) is 18.6 Å². The molecule has 2 aliphatic rings. The molecule has 11 heteroatoms. The van der Waals surface area contributed by atoms with E-state index >= 15 is 0 Å². The molecule has 2 unspecified atom stereocenters. The fourth-order valence-electron chi connectivity index (χ4n) is 4.70. The van der Waals surface area contributed by atoms with Crippen LogP contribution in [0.25, 0.3) is 0 Å². The molecule has 4 rings (SSSR count). The van der Waals surface area contributed by atoms with Gasteiger partial charge in [0, 0.05) is 39.0 Å². The van der Waals surface area contributed by atoms with E-state index in [1.807, 2.05) is 30.3 Å². The van der Waals surface area contributed by atoms with Gasteiger partial charge >= 0.3 is 6.09 Å². The second-order valence-corrected chi connectivity index (χ2v) is 8.84. The molecule has 190 valence electrons. The molecular weight excluding hydrogens is 474 g/mol. The number of halogens is 2. The maximum absolute atomic E-state index is 13.4. The van der Waals surface area contributed by atoms with Crippen LogP contribution >= 0.6 is 0 Å². The number of fused-ring (bicyclic) bond motifs is 1. The molecule has 3 amide bonds. The van der Waals surface area contributed by atoms with Crippen molar-refractivity contribution in [3.8, 4) is 5.75 Å². The Morgan fingerprint density at radius 3 is 2.64 bits per heavy atom. The number of nitrogens with one attached hydrogen (secondary N) is 1. The summed E-state index contributed by atoms with van der Waals surface area (Å²) in [5, 5.41) is 17.2. The van der Waals surface area contributed by atoms with Crippen molar-refractivity contribution >= 4 is 23.6 Å². The lowest BCUT2D eigenvalue weighted by Crippen LogP contribution is -2.59. The number of amides is 3. The average molecular weight is 501 g/mol. The highest BCUT2D eigenvalue weighted by Crippen LogP contribution is 2.38. The van der Waals surface area contributed by atoms with E-state index in [2.05, 4.69) is 10.4 Å². The van der Waals surface area contributed by atoms with Gasteiger partial charge in [0.15, 0.2) is 11.6 Å². The molecule has 9 nitrogen and oxygen atoms in total. The molecule has 0 bridgehead atoms. The van der Waals surface area contributed by atoms with E-state index in [4.69, 9.17) is 4.74 Å². The highest BCUT2D eigenvalue weighted by Gasteiger charge is 2.53.